The number of ether oxygens (including phenoxy) is 6. The van der Waals surface area contributed by atoms with E-state index in [1.807, 2.05) is 20.8 Å². The van der Waals surface area contributed by atoms with Gasteiger partial charge < -0.3 is 44.4 Å². The van der Waals surface area contributed by atoms with Gasteiger partial charge in [-0.3, -0.25) is 14.4 Å². The summed E-state index contributed by atoms with van der Waals surface area (Å²) in [6.07, 6.45) is 10.9. The first-order valence-corrected chi connectivity index (χ1v) is 29.7. The Bertz CT molecular complexity index is 2160. The highest BCUT2D eigenvalue weighted by molar-refractivity contribution is 5.88. The highest BCUT2D eigenvalue weighted by Crippen LogP contribution is 2.64. The van der Waals surface area contributed by atoms with E-state index >= 15 is 0 Å². The summed E-state index contributed by atoms with van der Waals surface area (Å²) in [5.41, 5.74) is -2.00. The monoisotopic (exact) mass is 1060 g/mol. The minimum atomic E-state index is -0.950. The maximum absolute atomic E-state index is 14.3. The summed E-state index contributed by atoms with van der Waals surface area (Å²) in [6, 6.07) is -0.950. The molecular formula is C57H89N3O15. The van der Waals surface area contributed by atoms with E-state index in [-0.39, 0.29) is 109 Å². The molecule has 3 unspecified atom stereocenters. The molecule has 0 aromatic carbocycles. The highest BCUT2D eigenvalue weighted by atomic mass is 17.3. The minimum absolute atomic E-state index is 0.0397. The van der Waals surface area contributed by atoms with Crippen molar-refractivity contribution in [3.63, 3.8) is 0 Å². The number of fused-ring (bicyclic) bond motifs is 6. The van der Waals surface area contributed by atoms with E-state index < -0.39 is 59.1 Å². The molecule has 3 spiro atoms. The van der Waals surface area contributed by atoms with Crippen LogP contribution in [0.2, 0.25) is 0 Å². The Balaban J connectivity index is 0.688. The highest BCUT2D eigenvalue weighted by Gasteiger charge is 2.72. The lowest BCUT2D eigenvalue weighted by molar-refractivity contribution is -0.571. The predicted octanol–water partition coefficient (Wildman–Crippen LogP) is 7.80. The van der Waals surface area contributed by atoms with Crippen molar-refractivity contribution >= 4 is 17.7 Å². The van der Waals surface area contributed by atoms with Crippen LogP contribution < -0.4 is 16.0 Å². The van der Waals surface area contributed by atoms with Crippen LogP contribution in [0.25, 0.3) is 0 Å². The molecule has 0 aromatic heterocycles. The van der Waals surface area contributed by atoms with E-state index in [0.29, 0.717) is 50.1 Å². The summed E-state index contributed by atoms with van der Waals surface area (Å²) >= 11 is 0. The third-order valence-electron chi connectivity index (χ3n) is 22.3. The fourth-order valence-corrected chi connectivity index (χ4v) is 17.9. The first-order chi connectivity index (χ1) is 35.8. The largest absolute Gasteiger partial charge is 0.356 e. The van der Waals surface area contributed by atoms with Crippen LogP contribution in [-0.2, 0) is 72.1 Å². The molecule has 25 atom stereocenters. The Morgan fingerprint density at radius 1 is 0.453 bits per heavy atom. The zero-order chi connectivity index (χ0) is 52.5. The van der Waals surface area contributed by atoms with Crippen LogP contribution in [0.5, 0.6) is 0 Å². The second kappa shape index (κ2) is 19.9. The van der Waals surface area contributed by atoms with Crippen molar-refractivity contribution in [1.82, 2.24) is 16.0 Å². The van der Waals surface area contributed by atoms with Crippen molar-refractivity contribution < 1.29 is 72.1 Å². The van der Waals surface area contributed by atoms with Crippen molar-refractivity contribution in [3.8, 4) is 0 Å². The van der Waals surface area contributed by atoms with Gasteiger partial charge in [-0.2, -0.15) is 0 Å². The molecule has 3 saturated carbocycles. The molecule has 15 aliphatic rings. The molecule has 3 amide bonds. The van der Waals surface area contributed by atoms with Crippen molar-refractivity contribution in [1.29, 1.82) is 0 Å². The summed E-state index contributed by atoms with van der Waals surface area (Å²) in [7, 11) is 0. The molecule has 6 bridgehead atoms. The Kier molecular flexibility index (Phi) is 14.2. The average Bonchev–Trinajstić information content (AvgIpc) is 3.86. The Morgan fingerprint density at radius 3 is 1.25 bits per heavy atom. The number of carbonyl (C=O) groups is 3. The molecule has 0 aromatic rings. The first kappa shape index (κ1) is 53.6. The molecule has 15 fully saturated rings. The van der Waals surface area contributed by atoms with Crippen LogP contribution in [-0.4, -0.2) is 108 Å². The van der Waals surface area contributed by atoms with Gasteiger partial charge in [-0.1, -0.05) is 41.5 Å². The molecule has 12 saturated heterocycles. The summed E-state index contributed by atoms with van der Waals surface area (Å²) in [5.74, 6) is -0.421. The molecule has 3 aliphatic carbocycles. The fraction of sp³-hybridized carbons (Fsp3) is 0.947. The topological polar surface area (TPSA) is 198 Å². The third kappa shape index (κ3) is 8.89. The van der Waals surface area contributed by atoms with Gasteiger partial charge in [-0.05, 0) is 158 Å². The number of amides is 3. The van der Waals surface area contributed by atoms with Crippen LogP contribution in [0.4, 0.5) is 0 Å². The normalized spacial score (nSPS) is 52.4. The summed E-state index contributed by atoms with van der Waals surface area (Å²) in [5, 5.41) is 9.31. The lowest BCUT2D eigenvalue weighted by Gasteiger charge is -2.60. The van der Waals surface area contributed by atoms with Gasteiger partial charge in [0.25, 0.3) is 0 Å². The van der Waals surface area contributed by atoms with Gasteiger partial charge in [0.1, 0.15) is 6.04 Å². The van der Waals surface area contributed by atoms with Gasteiger partial charge in [0, 0.05) is 62.9 Å². The zero-order valence-corrected chi connectivity index (χ0v) is 46.2. The molecule has 75 heavy (non-hydrogen) atoms. The molecule has 18 nitrogen and oxygen atoms in total. The molecular weight excluding hydrogens is 967 g/mol. The zero-order valence-electron chi connectivity index (χ0n) is 46.2. The average molecular weight is 1060 g/mol. The summed E-state index contributed by atoms with van der Waals surface area (Å²) in [4.78, 5) is 79.3. The van der Waals surface area contributed by atoms with E-state index in [9.17, 15) is 14.4 Å². The lowest BCUT2D eigenvalue weighted by Crippen LogP contribution is -2.70. The van der Waals surface area contributed by atoms with Crippen molar-refractivity contribution in [2.45, 2.75) is 255 Å². The van der Waals surface area contributed by atoms with Crippen LogP contribution in [0.3, 0.4) is 0 Å². The van der Waals surface area contributed by atoms with E-state index in [4.69, 9.17) is 57.7 Å². The lowest BCUT2D eigenvalue weighted by atomic mass is 9.57. The molecule has 0 radical (unpaired) electrons. The Morgan fingerprint density at radius 2 is 0.840 bits per heavy atom. The maximum Gasteiger partial charge on any atom is 0.242 e. The molecule has 12 heterocycles. The van der Waals surface area contributed by atoms with E-state index in [2.05, 4.69) is 57.5 Å². The standard InChI is InChI=1S/C57H89N3O15/c1-30-10-13-39-33(4)43(64-49-55(39)36(30)20-25-52(7,67-49)70-73-55)17-19-47(62)60-42(48(63)59-29-24-45-35(6)41-15-12-32(3)38-22-27-54(9)69-51(66-45)57(38,41)75-72-54)16-18-46(61)58-28-23-44-34(5)40-14-11-31(2)37-21-26-53(8)68-50(65-44)56(37,40)74-71-53/h30-45,49-51H,10-29H2,1-9H3,(H,58,61)(H,59,63)(H,60,62)/t30-,31-,32-,33-,34-,35-,36+,37+,38+,39?,40?,41?,42+,43-,44-,45-,49-,50-,51-,52+,53+,54+,55-,56-,57-/m1/s1. The van der Waals surface area contributed by atoms with Gasteiger partial charge >= 0.3 is 0 Å². The second-order valence-electron chi connectivity index (χ2n) is 26.7. The molecule has 422 valence electrons. The number of carbonyl (C=O) groups excluding carboxylic acids is 3. The van der Waals surface area contributed by atoms with E-state index in [0.717, 1.165) is 77.0 Å². The third-order valence-corrected chi connectivity index (χ3v) is 22.3. The predicted molar refractivity (Wildman–Crippen MR) is 266 cm³/mol. The van der Waals surface area contributed by atoms with Gasteiger partial charge in [-0.15, -0.1) is 0 Å². The number of nitrogens with one attached hydrogen (secondary N) is 3. The van der Waals surface area contributed by atoms with Gasteiger partial charge in [0.15, 0.2) is 35.7 Å². The number of hydrogen-bond acceptors (Lipinski definition) is 15. The Hall–Kier alpha value is -2.07. The van der Waals surface area contributed by atoms with Gasteiger partial charge in [0.2, 0.25) is 35.1 Å². The van der Waals surface area contributed by atoms with Crippen LogP contribution >= 0.6 is 0 Å². The maximum atomic E-state index is 14.3. The van der Waals surface area contributed by atoms with Crippen LogP contribution in [0.15, 0.2) is 0 Å². The Labute approximate surface area is 443 Å². The van der Waals surface area contributed by atoms with Crippen LogP contribution in [0, 0.1) is 71.0 Å². The minimum Gasteiger partial charge on any atom is -0.356 e. The molecule has 18 heteroatoms. The summed E-state index contributed by atoms with van der Waals surface area (Å²) in [6.45, 7) is 20.0. The fourth-order valence-electron chi connectivity index (χ4n) is 17.9. The second-order valence-corrected chi connectivity index (χ2v) is 26.7. The van der Waals surface area contributed by atoms with Crippen molar-refractivity contribution in [2.75, 3.05) is 13.1 Å². The van der Waals surface area contributed by atoms with E-state index in [1.54, 1.807) is 0 Å². The van der Waals surface area contributed by atoms with E-state index in [1.165, 1.54) is 0 Å². The molecule has 15 rings (SSSR count). The van der Waals surface area contributed by atoms with Gasteiger partial charge in [-0.25, -0.2) is 29.3 Å². The summed E-state index contributed by atoms with van der Waals surface area (Å²) < 4.78 is 40.2. The molecule has 3 N–H and O–H groups in total. The quantitative estimate of drug-likeness (QED) is 0.142. The van der Waals surface area contributed by atoms with Crippen molar-refractivity contribution in [3.05, 3.63) is 0 Å². The van der Waals surface area contributed by atoms with Gasteiger partial charge in [0.05, 0.1) is 18.3 Å². The number of rotatable bonds is 14. The number of hydrogen-bond donors (Lipinski definition) is 3. The first-order valence-electron chi connectivity index (χ1n) is 29.7. The van der Waals surface area contributed by atoms with Crippen molar-refractivity contribution in [2.24, 2.45) is 71.0 Å². The SMILES string of the molecule is C[C@@H]1CCC2[C@@H](C)[C@@H](CCNC(=O)CC[C@H](NC(=O)CC[C@H]3O[C@@H]4O[C@]5(C)CC[C@H]6[C@H](C)CCC([C@H]3C)[C@@]46OO5)C(=O)NCC[C@H]3O[C@@H]4O[C@]5(C)CC[C@H]6[C@H](C)CCC([C@H]3C)[C@@]46OO5)O[C@@H]3O[C@]4(C)CC[C@@H]1[C@@]23OO4. The van der Waals surface area contributed by atoms with Crippen LogP contribution in [0.1, 0.15) is 178 Å². The smallest absolute Gasteiger partial charge is 0.242 e. The molecule has 12 aliphatic heterocycles.